The van der Waals surface area contributed by atoms with Crippen LogP contribution in [0.25, 0.3) is 0 Å². The van der Waals surface area contributed by atoms with E-state index in [1.807, 2.05) is 6.92 Å². The smallest absolute Gasteiger partial charge is 0.301 e. The van der Waals surface area contributed by atoms with Gasteiger partial charge in [-0.1, -0.05) is 0 Å². The van der Waals surface area contributed by atoms with Gasteiger partial charge in [0.05, 0.1) is 18.0 Å². The summed E-state index contributed by atoms with van der Waals surface area (Å²) in [7, 11) is 0. The molecule has 110 valence electrons. The fourth-order valence-corrected chi connectivity index (χ4v) is 1.71. The summed E-state index contributed by atoms with van der Waals surface area (Å²) >= 11 is 0. The molecule has 0 aliphatic heterocycles. The van der Waals surface area contributed by atoms with Crippen LogP contribution in [0, 0.1) is 12.3 Å². The van der Waals surface area contributed by atoms with Crippen molar-refractivity contribution in [2.75, 3.05) is 6.61 Å². The van der Waals surface area contributed by atoms with Crippen molar-refractivity contribution >= 4 is 17.3 Å². The Kier molecular flexibility index (Phi) is 4.17. The van der Waals surface area contributed by atoms with E-state index in [4.69, 9.17) is 15.9 Å². The monoisotopic (exact) mass is 288 g/mol. The van der Waals surface area contributed by atoms with Gasteiger partial charge in [0.25, 0.3) is 0 Å². The van der Waals surface area contributed by atoms with Gasteiger partial charge in [-0.25, -0.2) is 0 Å². The quantitative estimate of drug-likeness (QED) is 0.453. The third kappa shape index (κ3) is 3.16. The zero-order valence-corrected chi connectivity index (χ0v) is 11.8. The van der Waals surface area contributed by atoms with Crippen LogP contribution in [0.1, 0.15) is 12.6 Å². The highest BCUT2D eigenvalue weighted by atomic mass is 16.5. The van der Waals surface area contributed by atoms with Gasteiger partial charge in [-0.15, -0.1) is 5.11 Å². The van der Waals surface area contributed by atoms with Crippen molar-refractivity contribution in [2.24, 2.45) is 16.0 Å². The molecule has 0 bridgehead atoms. The molecule has 0 radical (unpaired) electrons. The second-order valence-electron chi connectivity index (χ2n) is 4.24. The third-order valence-electron chi connectivity index (χ3n) is 2.69. The van der Waals surface area contributed by atoms with Crippen LogP contribution in [0.2, 0.25) is 0 Å². The van der Waals surface area contributed by atoms with Gasteiger partial charge in [0.1, 0.15) is 5.75 Å². The fraction of sp³-hybridized carbons (Fsp3) is 0.231. The Morgan fingerprint density at radius 3 is 2.57 bits per heavy atom. The Bertz CT molecular complexity index is 726. The second-order valence-corrected chi connectivity index (χ2v) is 4.24. The minimum Gasteiger partial charge on any atom is -0.494 e. The van der Waals surface area contributed by atoms with Crippen LogP contribution in [0.15, 0.2) is 39.3 Å². The predicted molar refractivity (Wildman–Crippen MR) is 78.9 cm³/mol. The van der Waals surface area contributed by atoms with Crippen LogP contribution in [0.4, 0.5) is 11.4 Å². The van der Waals surface area contributed by atoms with Gasteiger partial charge in [0.2, 0.25) is 5.96 Å². The number of hydrogen-bond donors (Lipinski definition) is 3. The Labute approximate surface area is 120 Å². The molecule has 0 unspecified atom stereocenters. The van der Waals surface area contributed by atoms with E-state index in [1.165, 1.54) is 0 Å². The number of aromatic amines is 1. The Hall–Kier alpha value is -2.90. The molecule has 2 rings (SSSR count). The second kappa shape index (κ2) is 6.04. The minimum absolute atomic E-state index is 0.124. The lowest BCUT2D eigenvalue weighted by Gasteiger charge is -2.01. The molecule has 1 aromatic heterocycles. The molecule has 0 saturated carbocycles. The molecule has 0 spiro atoms. The number of H-pyrrole nitrogens is 1. The first-order valence-corrected chi connectivity index (χ1v) is 6.33. The van der Waals surface area contributed by atoms with Gasteiger partial charge >= 0.3 is 5.56 Å². The van der Waals surface area contributed by atoms with Crippen molar-refractivity contribution in [3.05, 3.63) is 40.3 Å². The summed E-state index contributed by atoms with van der Waals surface area (Å²) in [4.78, 5) is 11.9. The largest absolute Gasteiger partial charge is 0.494 e. The number of benzene rings is 1. The van der Waals surface area contributed by atoms with E-state index in [9.17, 15) is 4.79 Å². The molecule has 0 saturated heterocycles. The third-order valence-corrected chi connectivity index (χ3v) is 2.69. The zero-order chi connectivity index (χ0) is 15.4. The molecule has 1 aromatic carbocycles. The molecule has 0 aliphatic rings. The molecular formula is C13H16N6O2. The standard InChI is InChI=1S/C13H16N6O2/c1-3-21-10-6-4-9(5-7-10)16-17-11-8(2)18-19(12(11)20)13(14)15/h4-7,18H,3H2,1-2H3,(H3,14,15). The van der Waals surface area contributed by atoms with Crippen LogP contribution in [-0.4, -0.2) is 22.3 Å². The molecule has 0 fully saturated rings. The number of rotatable bonds is 4. The highest BCUT2D eigenvalue weighted by Crippen LogP contribution is 2.20. The number of azo groups is 1. The number of nitrogen functional groups attached to an aromatic ring is 1. The lowest BCUT2D eigenvalue weighted by molar-refractivity contribution is 0.340. The van der Waals surface area contributed by atoms with Gasteiger partial charge in [0.15, 0.2) is 5.69 Å². The maximum atomic E-state index is 11.9. The number of aromatic nitrogens is 2. The van der Waals surface area contributed by atoms with Gasteiger partial charge in [-0.3, -0.25) is 15.3 Å². The molecule has 0 aliphatic carbocycles. The molecule has 1 heterocycles. The maximum Gasteiger partial charge on any atom is 0.301 e. The predicted octanol–water partition coefficient (Wildman–Crippen LogP) is 2.04. The molecule has 8 nitrogen and oxygen atoms in total. The van der Waals surface area contributed by atoms with E-state index in [-0.39, 0.29) is 5.69 Å². The average molecular weight is 288 g/mol. The van der Waals surface area contributed by atoms with Crippen molar-refractivity contribution in [3.63, 3.8) is 0 Å². The van der Waals surface area contributed by atoms with E-state index in [2.05, 4.69) is 15.3 Å². The van der Waals surface area contributed by atoms with E-state index in [0.717, 1.165) is 10.4 Å². The van der Waals surface area contributed by atoms with E-state index >= 15 is 0 Å². The highest BCUT2D eigenvalue weighted by molar-refractivity contribution is 5.76. The van der Waals surface area contributed by atoms with Gasteiger partial charge in [0, 0.05) is 0 Å². The summed E-state index contributed by atoms with van der Waals surface area (Å²) in [6.07, 6.45) is 0. The average Bonchev–Trinajstić information content (AvgIpc) is 2.74. The van der Waals surface area contributed by atoms with Gasteiger partial charge < -0.3 is 10.5 Å². The minimum atomic E-state index is -0.505. The summed E-state index contributed by atoms with van der Waals surface area (Å²) in [5, 5.41) is 17.8. The van der Waals surface area contributed by atoms with Crippen LogP contribution in [0.5, 0.6) is 5.75 Å². The molecule has 2 aromatic rings. The summed E-state index contributed by atoms with van der Waals surface area (Å²) in [6, 6.07) is 7.02. The Morgan fingerprint density at radius 1 is 1.38 bits per heavy atom. The number of nitrogens with two attached hydrogens (primary N) is 1. The SMILES string of the molecule is CCOc1ccc(N=Nc2c(C)[nH]n(C(=N)N)c2=O)cc1. The van der Waals surface area contributed by atoms with E-state index in [1.54, 1.807) is 31.2 Å². The molecular weight excluding hydrogens is 272 g/mol. The number of ether oxygens (including phenoxy) is 1. The molecule has 0 atom stereocenters. The number of hydrogen-bond acceptors (Lipinski definition) is 5. The summed E-state index contributed by atoms with van der Waals surface area (Å²) < 4.78 is 6.23. The van der Waals surface area contributed by atoms with E-state index in [0.29, 0.717) is 18.0 Å². The lowest BCUT2D eigenvalue weighted by Crippen LogP contribution is -2.30. The van der Waals surface area contributed by atoms with Crippen LogP contribution < -0.4 is 16.0 Å². The Morgan fingerprint density at radius 2 is 2.05 bits per heavy atom. The first-order chi connectivity index (χ1) is 10.0. The van der Waals surface area contributed by atoms with E-state index < -0.39 is 11.5 Å². The summed E-state index contributed by atoms with van der Waals surface area (Å²) in [5.74, 6) is 0.346. The van der Waals surface area contributed by atoms with Crippen molar-refractivity contribution in [1.82, 2.24) is 9.78 Å². The summed E-state index contributed by atoms with van der Waals surface area (Å²) in [5.41, 5.74) is 5.98. The van der Waals surface area contributed by atoms with Crippen LogP contribution in [0.3, 0.4) is 0 Å². The van der Waals surface area contributed by atoms with Gasteiger partial charge in [-0.05, 0) is 38.1 Å². The zero-order valence-electron chi connectivity index (χ0n) is 11.8. The molecule has 21 heavy (non-hydrogen) atoms. The first-order valence-electron chi connectivity index (χ1n) is 6.33. The first kappa shape index (κ1) is 14.5. The normalized spacial score (nSPS) is 11.0. The highest BCUT2D eigenvalue weighted by Gasteiger charge is 2.11. The van der Waals surface area contributed by atoms with Gasteiger partial charge in [-0.2, -0.15) is 9.80 Å². The summed E-state index contributed by atoms with van der Waals surface area (Å²) in [6.45, 7) is 4.16. The van der Waals surface area contributed by atoms with Crippen molar-refractivity contribution in [2.45, 2.75) is 13.8 Å². The molecule has 4 N–H and O–H groups in total. The van der Waals surface area contributed by atoms with Crippen LogP contribution in [-0.2, 0) is 0 Å². The Balaban J connectivity index is 2.25. The number of nitrogens with one attached hydrogen (secondary N) is 2. The topological polar surface area (TPSA) is 122 Å². The lowest BCUT2D eigenvalue weighted by atomic mass is 10.3. The van der Waals surface area contributed by atoms with Crippen molar-refractivity contribution in [3.8, 4) is 5.75 Å². The van der Waals surface area contributed by atoms with Crippen molar-refractivity contribution < 1.29 is 4.74 Å². The number of nitrogens with zero attached hydrogens (tertiary/aromatic N) is 3. The maximum absolute atomic E-state index is 11.9. The van der Waals surface area contributed by atoms with Crippen LogP contribution >= 0.6 is 0 Å². The fourth-order valence-electron chi connectivity index (χ4n) is 1.71. The molecule has 8 heteroatoms. The van der Waals surface area contributed by atoms with Crippen molar-refractivity contribution in [1.29, 1.82) is 5.41 Å². The molecule has 0 amide bonds. The number of aryl methyl sites for hydroxylation is 1.